The third-order valence-electron chi connectivity index (χ3n) is 4.98. The number of nitrogens with one attached hydrogen (secondary N) is 3. The number of rotatable bonds is 11. The van der Waals surface area contributed by atoms with Gasteiger partial charge in [0.15, 0.2) is 0 Å². The van der Waals surface area contributed by atoms with Crippen LogP contribution < -0.4 is 20.1 Å². The maximum atomic E-state index is 11.5. The lowest BCUT2D eigenvalue weighted by Gasteiger charge is -2.15. The molecule has 8 nitrogen and oxygen atoms in total. The minimum absolute atomic E-state index is 0.374. The van der Waals surface area contributed by atoms with E-state index in [0.717, 1.165) is 22.6 Å². The van der Waals surface area contributed by atoms with E-state index in [-0.39, 0.29) is 0 Å². The van der Waals surface area contributed by atoms with Crippen LogP contribution in [0.2, 0.25) is 0 Å². The van der Waals surface area contributed by atoms with Gasteiger partial charge in [0.25, 0.3) is 0 Å². The van der Waals surface area contributed by atoms with Gasteiger partial charge in [0, 0.05) is 17.4 Å². The van der Waals surface area contributed by atoms with Gasteiger partial charge >= 0.3 is 0 Å². The molecule has 0 saturated heterocycles. The van der Waals surface area contributed by atoms with E-state index in [9.17, 15) is 4.21 Å². The Labute approximate surface area is 206 Å². The minimum atomic E-state index is -1.82. The van der Waals surface area contributed by atoms with Gasteiger partial charge in [-0.25, -0.2) is 4.98 Å². The monoisotopic (exact) mass is 488 g/mol. The number of ether oxygens (including phenoxy) is 2. The predicted octanol–water partition coefficient (Wildman–Crippen LogP) is 5.86. The van der Waals surface area contributed by atoms with Crippen LogP contribution in [0.15, 0.2) is 90.0 Å². The van der Waals surface area contributed by atoms with Gasteiger partial charge in [-0.15, -0.1) is 0 Å². The third-order valence-corrected chi connectivity index (χ3v) is 5.66. The Balaban J connectivity index is 1.55. The molecule has 3 N–H and O–H groups in total. The van der Waals surface area contributed by atoms with Crippen molar-refractivity contribution in [2.24, 2.45) is 0 Å². The molecule has 0 fully saturated rings. The number of hydrogen-bond donors (Lipinski definition) is 3. The second kappa shape index (κ2) is 11.8. The average molecular weight is 489 g/mol. The zero-order valence-corrected chi connectivity index (χ0v) is 20.0. The highest BCUT2D eigenvalue weighted by atomic mass is 32.2. The molecule has 9 heteroatoms. The van der Waals surface area contributed by atoms with Gasteiger partial charge in [0.1, 0.15) is 23.9 Å². The molecule has 0 atom stereocenters. The van der Waals surface area contributed by atoms with Crippen LogP contribution in [0.1, 0.15) is 6.92 Å². The molecular formula is C26H26N5O3S-. The van der Waals surface area contributed by atoms with Crippen molar-refractivity contribution in [3.05, 3.63) is 85.1 Å². The van der Waals surface area contributed by atoms with E-state index in [4.69, 9.17) is 14.3 Å². The topological polar surface area (TPSA) is 109 Å². The first kappa shape index (κ1) is 24.0. The lowest BCUT2D eigenvalue weighted by atomic mass is 10.1. The van der Waals surface area contributed by atoms with Crippen LogP contribution in [0.25, 0.3) is 11.1 Å². The van der Waals surface area contributed by atoms with E-state index >= 15 is 0 Å². The van der Waals surface area contributed by atoms with Crippen LogP contribution in [0.3, 0.4) is 0 Å². The van der Waals surface area contributed by atoms with Crippen molar-refractivity contribution < 1.29 is 13.7 Å². The summed E-state index contributed by atoms with van der Waals surface area (Å²) in [6, 6.07) is 24.2. The number of benzene rings is 3. The van der Waals surface area contributed by atoms with Gasteiger partial charge < -0.3 is 29.1 Å². The van der Waals surface area contributed by atoms with Crippen molar-refractivity contribution in [2.75, 3.05) is 30.4 Å². The van der Waals surface area contributed by atoms with Gasteiger partial charge in [0.05, 0.1) is 13.2 Å². The fraction of sp³-hybridized carbons (Fsp3) is 0.154. The standard InChI is InChI=1S/C26H26N5O3S/c1-2-33-22-13-11-19(12-14-22)24-18-29-26(30-20-7-6-10-23(17-20)35(27)32)31-25(24)28-15-16-34-21-8-4-3-5-9-21/h3-14,17-18,27H,2,15-16H2,1H3,(H2,28,29,30,31)/q-1. The summed E-state index contributed by atoms with van der Waals surface area (Å²) in [7, 11) is -1.82. The third kappa shape index (κ3) is 6.70. The Hall–Kier alpha value is -4.11. The van der Waals surface area contributed by atoms with Gasteiger partial charge in [-0.1, -0.05) is 53.4 Å². The fourth-order valence-electron chi connectivity index (χ4n) is 3.36. The number of para-hydroxylation sites is 1. The number of nitrogens with zero attached hydrogens (tertiary/aromatic N) is 2. The summed E-state index contributed by atoms with van der Waals surface area (Å²) < 4.78 is 30.3. The molecule has 1 aromatic heterocycles. The molecule has 4 aromatic rings. The van der Waals surface area contributed by atoms with Crippen LogP contribution in [0, 0.1) is 4.78 Å². The van der Waals surface area contributed by atoms with Crippen LogP contribution >= 0.6 is 0 Å². The van der Waals surface area contributed by atoms with Crippen molar-refractivity contribution >= 4 is 28.0 Å². The Morgan fingerprint density at radius 3 is 2.46 bits per heavy atom. The van der Waals surface area contributed by atoms with Crippen molar-refractivity contribution in [2.45, 2.75) is 11.8 Å². The van der Waals surface area contributed by atoms with Crippen LogP contribution in [-0.4, -0.2) is 29.7 Å². The highest BCUT2D eigenvalue weighted by molar-refractivity contribution is 7.73. The molecule has 0 aliphatic heterocycles. The quantitative estimate of drug-likeness (QED) is 0.179. The second-order valence-corrected chi connectivity index (χ2v) is 8.43. The first-order valence-electron chi connectivity index (χ1n) is 11.1. The van der Waals surface area contributed by atoms with E-state index in [1.54, 1.807) is 30.5 Å². The molecule has 35 heavy (non-hydrogen) atoms. The van der Waals surface area contributed by atoms with E-state index in [0.29, 0.717) is 42.1 Å². The summed E-state index contributed by atoms with van der Waals surface area (Å²) in [5.41, 5.74) is 2.42. The fourth-order valence-corrected chi connectivity index (χ4v) is 3.79. The molecule has 0 bridgehead atoms. The zero-order chi connectivity index (χ0) is 24.5. The second-order valence-electron chi connectivity index (χ2n) is 7.42. The molecule has 0 saturated carbocycles. The summed E-state index contributed by atoms with van der Waals surface area (Å²) in [5.74, 6) is 2.62. The molecule has 0 amide bonds. The first-order valence-corrected chi connectivity index (χ1v) is 12.3. The van der Waals surface area contributed by atoms with Gasteiger partial charge in [0.2, 0.25) is 5.95 Å². The van der Waals surface area contributed by atoms with E-state index in [2.05, 4.69) is 20.6 Å². The number of aromatic nitrogens is 2. The SMILES string of the molecule is CCOc1ccc(-c2cnc(Nc3cccc([S-](=N)=O)c3)nc2NCCOc2ccccc2)cc1. The van der Waals surface area contributed by atoms with Crippen molar-refractivity contribution in [3.8, 4) is 22.6 Å². The van der Waals surface area contributed by atoms with E-state index in [1.165, 1.54) is 0 Å². The van der Waals surface area contributed by atoms with Crippen LogP contribution in [0.5, 0.6) is 11.5 Å². The summed E-state index contributed by atoms with van der Waals surface area (Å²) in [4.78, 5) is 9.55. The lowest BCUT2D eigenvalue weighted by molar-refractivity contribution is 0.333. The summed E-state index contributed by atoms with van der Waals surface area (Å²) >= 11 is 0. The normalized spacial score (nSPS) is 10.7. The number of hydrogen-bond acceptors (Lipinski definition) is 9. The Morgan fingerprint density at radius 2 is 1.71 bits per heavy atom. The summed E-state index contributed by atoms with van der Waals surface area (Å²) in [5, 5.41) is 6.48. The molecular weight excluding hydrogens is 462 g/mol. The molecule has 180 valence electrons. The molecule has 0 unspecified atom stereocenters. The average Bonchev–Trinajstić information content (AvgIpc) is 2.88. The maximum Gasteiger partial charge on any atom is 0.229 e. The Kier molecular flexibility index (Phi) is 8.13. The van der Waals surface area contributed by atoms with Crippen molar-refractivity contribution in [1.29, 1.82) is 4.78 Å². The Morgan fingerprint density at radius 1 is 0.943 bits per heavy atom. The van der Waals surface area contributed by atoms with Crippen molar-refractivity contribution in [1.82, 2.24) is 9.97 Å². The predicted molar refractivity (Wildman–Crippen MR) is 138 cm³/mol. The van der Waals surface area contributed by atoms with Gasteiger partial charge in [-0.2, -0.15) is 15.6 Å². The Bertz CT molecular complexity index is 1320. The maximum absolute atomic E-state index is 11.5. The first-order chi connectivity index (χ1) is 17.1. The molecule has 3 aromatic carbocycles. The highest BCUT2D eigenvalue weighted by Gasteiger charge is 2.11. The zero-order valence-electron chi connectivity index (χ0n) is 19.2. The molecule has 0 radical (unpaired) electrons. The summed E-state index contributed by atoms with van der Waals surface area (Å²) in [6.07, 6.45) is 1.75. The lowest BCUT2D eigenvalue weighted by Crippen LogP contribution is -2.14. The van der Waals surface area contributed by atoms with Crippen LogP contribution in [-0.2, 0) is 14.8 Å². The van der Waals surface area contributed by atoms with E-state index < -0.39 is 10.6 Å². The molecule has 0 aliphatic rings. The smallest absolute Gasteiger partial charge is 0.229 e. The van der Waals surface area contributed by atoms with E-state index in [1.807, 2.05) is 61.5 Å². The molecule has 4 rings (SSSR count). The molecule has 0 spiro atoms. The molecule has 1 heterocycles. The van der Waals surface area contributed by atoms with Crippen LogP contribution in [0.4, 0.5) is 17.5 Å². The molecule has 0 aliphatic carbocycles. The largest absolute Gasteiger partial charge is 0.494 e. The minimum Gasteiger partial charge on any atom is -0.494 e. The summed E-state index contributed by atoms with van der Waals surface area (Å²) in [6.45, 7) is 3.54. The van der Waals surface area contributed by atoms with Crippen molar-refractivity contribution in [3.63, 3.8) is 0 Å². The van der Waals surface area contributed by atoms with Gasteiger partial charge in [-0.05, 0) is 42.8 Å². The van der Waals surface area contributed by atoms with Gasteiger partial charge in [-0.3, -0.25) is 0 Å². The highest BCUT2D eigenvalue weighted by Crippen LogP contribution is 2.29. The number of anilines is 3.